The van der Waals surface area contributed by atoms with Crippen LogP contribution in [-0.4, -0.2) is 15.4 Å². The molecule has 110 valence electrons. The molecule has 20 heavy (non-hydrogen) atoms. The Kier molecular flexibility index (Phi) is 4.69. The lowest BCUT2D eigenvalue weighted by atomic mass is 9.98. The van der Waals surface area contributed by atoms with Crippen LogP contribution in [0.5, 0.6) is 0 Å². The van der Waals surface area contributed by atoms with E-state index in [0.29, 0.717) is 29.7 Å². The van der Waals surface area contributed by atoms with Gasteiger partial charge in [-0.25, -0.2) is 9.37 Å². The van der Waals surface area contributed by atoms with Crippen LogP contribution in [0.4, 0.5) is 4.39 Å². The topological polar surface area (TPSA) is 17.8 Å². The number of imidazole rings is 1. The van der Waals surface area contributed by atoms with Crippen LogP contribution in [0.1, 0.15) is 32.2 Å². The Bertz CT molecular complexity index is 604. The summed E-state index contributed by atoms with van der Waals surface area (Å²) in [4.78, 5) is 4.56. The molecule has 2 aromatic rings. The van der Waals surface area contributed by atoms with Gasteiger partial charge in [0.25, 0.3) is 0 Å². The molecule has 0 amide bonds. The van der Waals surface area contributed by atoms with Crippen LogP contribution in [0.25, 0.3) is 11.0 Å². The molecule has 0 saturated carbocycles. The Balaban J connectivity index is 2.52. The zero-order valence-corrected chi connectivity index (χ0v) is 13.3. The number of halogens is 2. The van der Waals surface area contributed by atoms with Gasteiger partial charge in [0, 0.05) is 24.9 Å². The Labute approximate surface area is 125 Å². The number of hydrogen-bond acceptors (Lipinski definition) is 1. The third kappa shape index (κ3) is 2.98. The number of aryl methyl sites for hydroxylation is 2. The lowest BCUT2D eigenvalue weighted by Crippen LogP contribution is -2.15. The first-order chi connectivity index (χ1) is 9.43. The normalized spacial score (nSPS) is 13.3. The molecule has 0 aliphatic rings. The summed E-state index contributed by atoms with van der Waals surface area (Å²) in [6.07, 6.45) is 0.710. The van der Waals surface area contributed by atoms with E-state index in [1.54, 1.807) is 6.92 Å². The fourth-order valence-corrected chi connectivity index (χ4v) is 2.45. The zero-order valence-electron chi connectivity index (χ0n) is 12.6. The van der Waals surface area contributed by atoms with Crippen LogP contribution in [0.2, 0.25) is 0 Å². The van der Waals surface area contributed by atoms with Gasteiger partial charge in [0.1, 0.15) is 11.6 Å². The minimum Gasteiger partial charge on any atom is -0.328 e. The van der Waals surface area contributed by atoms with E-state index in [-0.39, 0.29) is 5.82 Å². The van der Waals surface area contributed by atoms with Crippen LogP contribution in [0.3, 0.4) is 0 Å². The van der Waals surface area contributed by atoms with Gasteiger partial charge in [-0.05, 0) is 30.4 Å². The number of fused-ring (bicyclic) bond motifs is 1. The predicted octanol–water partition coefficient (Wildman–Crippen LogP) is 4.56. The molecule has 0 bridgehead atoms. The summed E-state index contributed by atoms with van der Waals surface area (Å²) in [5.74, 6) is 2.41. The highest BCUT2D eigenvalue weighted by Crippen LogP contribution is 2.23. The minimum atomic E-state index is -0.198. The minimum absolute atomic E-state index is 0.198. The first-order valence-corrected chi connectivity index (χ1v) is 7.68. The maximum absolute atomic E-state index is 13.7. The van der Waals surface area contributed by atoms with E-state index in [2.05, 4.69) is 30.3 Å². The summed E-state index contributed by atoms with van der Waals surface area (Å²) in [6, 6.07) is 3.42. The molecule has 0 aliphatic heterocycles. The highest BCUT2D eigenvalue weighted by Gasteiger charge is 2.16. The van der Waals surface area contributed by atoms with Gasteiger partial charge in [0.2, 0.25) is 0 Å². The third-order valence-electron chi connectivity index (χ3n) is 4.03. The summed E-state index contributed by atoms with van der Waals surface area (Å²) >= 11 is 5.87. The lowest BCUT2D eigenvalue weighted by molar-refractivity contribution is 0.364. The summed E-state index contributed by atoms with van der Waals surface area (Å²) in [5, 5.41) is 0. The summed E-state index contributed by atoms with van der Waals surface area (Å²) in [6.45, 7) is 9.36. The van der Waals surface area contributed by atoms with Crippen molar-refractivity contribution >= 4 is 22.6 Å². The molecule has 1 aromatic carbocycles. The number of benzene rings is 1. The second kappa shape index (κ2) is 6.13. The largest absolute Gasteiger partial charge is 0.328 e. The van der Waals surface area contributed by atoms with E-state index < -0.39 is 0 Å². The van der Waals surface area contributed by atoms with Crippen molar-refractivity contribution in [2.24, 2.45) is 11.8 Å². The SMILES string of the molecule is Cc1cc2c(cc1F)nc(CCCl)n2CC(C)C(C)C. The van der Waals surface area contributed by atoms with E-state index in [9.17, 15) is 4.39 Å². The third-order valence-corrected chi connectivity index (χ3v) is 4.22. The molecule has 2 nitrogen and oxygen atoms in total. The molecule has 0 N–H and O–H groups in total. The average Bonchev–Trinajstić information content (AvgIpc) is 2.68. The molecule has 0 fully saturated rings. The van der Waals surface area contributed by atoms with Crippen molar-refractivity contribution in [2.45, 2.75) is 40.7 Å². The summed E-state index contributed by atoms with van der Waals surface area (Å²) in [7, 11) is 0. The first-order valence-electron chi connectivity index (χ1n) is 7.15. The highest BCUT2D eigenvalue weighted by molar-refractivity contribution is 6.17. The van der Waals surface area contributed by atoms with E-state index in [4.69, 9.17) is 11.6 Å². The zero-order chi connectivity index (χ0) is 14.9. The van der Waals surface area contributed by atoms with Crippen molar-refractivity contribution in [2.75, 3.05) is 5.88 Å². The number of alkyl halides is 1. The standard InChI is InChI=1S/C16H22ClFN2/c1-10(2)12(4)9-20-15-7-11(3)13(18)8-14(15)19-16(20)5-6-17/h7-8,10,12H,5-6,9H2,1-4H3. The van der Waals surface area contributed by atoms with Crippen LogP contribution < -0.4 is 0 Å². The molecular weight excluding hydrogens is 275 g/mol. The van der Waals surface area contributed by atoms with Crippen molar-refractivity contribution in [3.63, 3.8) is 0 Å². The molecule has 0 saturated heterocycles. The lowest BCUT2D eigenvalue weighted by Gasteiger charge is -2.18. The predicted molar refractivity (Wildman–Crippen MR) is 82.9 cm³/mol. The molecule has 1 heterocycles. The Morgan fingerprint density at radius 3 is 2.60 bits per heavy atom. The van der Waals surface area contributed by atoms with Gasteiger partial charge >= 0.3 is 0 Å². The monoisotopic (exact) mass is 296 g/mol. The van der Waals surface area contributed by atoms with Gasteiger partial charge in [-0.3, -0.25) is 0 Å². The number of aromatic nitrogens is 2. The Morgan fingerprint density at radius 1 is 1.30 bits per heavy atom. The Hall–Kier alpha value is -1.09. The van der Waals surface area contributed by atoms with Crippen LogP contribution in [-0.2, 0) is 13.0 Å². The fraction of sp³-hybridized carbons (Fsp3) is 0.562. The van der Waals surface area contributed by atoms with Crippen LogP contribution >= 0.6 is 11.6 Å². The summed E-state index contributed by atoms with van der Waals surface area (Å²) < 4.78 is 15.9. The van der Waals surface area contributed by atoms with Gasteiger partial charge in [0.15, 0.2) is 0 Å². The maximum Gasteiger partial charge on any atom is 0.128 e. The molecular formula is C16H22ClFN2. The number of rotatable bonds is 5. The maximum atomic E-state index is 13.7. The van der Waals surface area contributed by atoms with E-state index in [1.807, 2.05) is 6.07 Å². The Morgan fingerprint density at radius 2 is 2.00 bits per heavy atom. The molecule has 0 aliphatic carbocycles. The molecule has 1 unspecified atom stereocenters. The smallest absolute Gasteiger partial charge is 0.128 e. The van der Waals surface area contributed by atoms with Crippen molar-refractivity contribution in [3.8, 4) is 0 Å². The van der Waals surface area contributed by atoms with Gasteiger partial charge in [-0.2, -0.15) is 0 Å². The second-order valence-corrected chi connectivity index (χ2v) is 6.27. The molecule has 2 rings (SSSR count). The van der Waals surface area contributed by atoms with E-state index in [1.165, 1.54) is 6.07 Å². The molecule has 1 atom stereocenters. The van der Waals surface area contributed by atoms with Gasteiger partial charge in [0.05, 0.1) is 11.0 Å². The first kappa shape index (κ1) is 15.3. The van der Waals surface area contributed by atoms with Crippen LogP contribution in [0, 0.1) is 24.6 Å². The molecule has 4 heteroatoms. The van der Waals surface area contributed by atoms with Crippen molar-refractivity contribution in [1.82, 2.24) is 9.55 Å². The molecule has 0 spiro atoms. The quantitative estimate of drug-likeness (QED) is 0.740. The van der Waals surface area contributed by atoms with Crippen molar-refractivity contribution in [3.05, 3.63) is 29.3 Å². The summed E-state index contributed by atoms with van der Waals surface area (Å²) in [5.41, 5.74) is 2.40. The number of hydrogen-bond donors (Lipinski definition) is 0. The van der Waals surface area contributed by atoms with E-state index >= 15 is 0 Å². The molecule has 1 aromatic heterocycles. The fourth-order valence-electron chi connectivity index (χ4n) is 2.28. The van der Waals surface area contributed by atoms with Crippen molar-refractivity contribution < 1.29 is 4.39 Å². The van der Waals surface area contributed by atoms with Gasteiger partial charge < -0.3 is 4.57 Å². The van der Waals surface area contributed by atoms with Gasteiger partial charge in [-0.1, -0.05) is 20.8 Å². The van der Waals surface area contributed by atoms with Crippen molar-refractivity contribution in [1.29, 1.82) is 0 Å². The van der Waals surface area contributed by atoms with E-state index in [0.717, 1.165) is 23.4 Å². The number of nitrogens with zero attached hydrogens (tertiary/aromatic N) is 2. The van der Waals surface area contributed by atoms with Crippen LogP contribution in [0.15, 0.2) is 12.1 Å². The average molecular weight is 297 g/mol. The van der Waals surface area contributed by atoms with Gasteiger partial charge in [-0.15, -0.1) is 11.6 Å². The molecule has 0 radical (unpaired) electrons. The second-order valence-electron chi connectivity index (χ2n) is 5.89. The highest BCUT2D eigenvalue weighted by atomic mass is 35.5.